The first-order valence-corrected chi connectivity index (χ1v) is 8.75. The largest absolute Gasteiger partial charge is 0.395 e. The first-order chi connectivity index (χ1) is 11.2. The van der Waals surface area contributed by atoms with Crippen LogP contribution in [0.4, 0.5) is 9.93 Å². The number of hydrogen-bond donors (Lipinski definition) is 2. The number of carbonyl (C=O) groups excluding carboxylic acids is 1. The molecule has 122 valence electrons. The molecule has 0 unspecified atom stereocenters. The number of hydrogen-bond acceptors (Lipinski definition) is 4. The van der Waals surface area contributed by atoms with Crippen molar-refractivity contribution in [3.05, 3.63) is 46.5 Å². The number of amides is 2. The molecule has 0 fully saturated rings. The molecule has 0 saturated heterocycles. The zero-order chi connectivity index (χ0) is 16.2. The van der Waals surface area contributed by atoms with Crippen LogP contribution in [0.3, 0.4) is 0 Å². The number of rotatable bonds is 5. The summed E-state index contributed by atoms with van der Waals surface area (Å²) in [6, 6.07) is 8.03. The maximum Gasteiger partial charge on any atom is 0.324 e. The van der Waals surface area contributed by atoms with E-state index in [1.54, 1.807) is 11.1 Å². The van der Waals surface area contributed by atoms with Gasteiger partial charge in [0.1, 0.15) is 0 Å². The molecule has 0 saturated carbocycles. The number of aromatic nitrogens is 1. The molecular formula is C17H21N3O2S. The minimum absolute atomic E-state index is 0.0176. The molecule has 0 aliphatic heterocycles. The number of nitrogens with one attached hydrogen (secondary N) is 1. The maximum absolute atomic E-state index is 12.7. The van der Waals surface area contributed by atoms with Gasteiger partial charge in [0.15, 0.2) is 5.13 Å². The van der Waals surface area contributed by atoms with Crippen LogP contribution in [-0.4, -0.2) is 34.2 Å². The van der Waals surface area contributed by atoms with Crippen LogP contribution in [0.25, 0.3) is 0 Å². The lowest BCUT2D eigenvalue weighted by Crippen LogP contribution is -2.39. The van der Waals surface area contributed by atoms with E-state index in [2.05, 4.69) is 29.4 Å². The third-order valence-electron chi connectivity index (χ3n) is 4.20. The lowest BCUT2D eigenvalue weighted by Gasteiger charge is -2.29. The van der Waals surface area contributed by atoms with Gasteiger partial charge in [-0.15, -0.1) is 11.3 Å². The first kappa shape index (κ1) is 16.0. The van der Waals surface area contributed by atoms with Crippen molar-refractivity contribution < 1.29 is 9.90 Å². The number of thiazole rings is 1. The summed E-state index contributed by atoms with van der Waals surface area (Å²) in [5.41, 5.74) is 2.47. The Morgan fingerprint density at radius 2 is 2.30 bits per heavy atom. The normalized spacial score (nSPS) is 16.2. The van der Waals surface area contributed by atoms with Gasteiger partial charge in [0, 0.05) is 17.6 Å². The van der Waals surface area contributed by atoms with E-state index >= 15 is 0 Å². The second kappa shape index (κ2) is 7.10. The minimum atomic E-state index is -0.197. The summed E-state index contributed by atoms with van der Waals surface area (Å²) in [6.45, 7) is 2.33. The molecule has 23 heavy (non-hydrogen) atoms. The Labute approximate surface area is 140 Å². The molecule has 1 atom stereocenters. The van der Waals surface area contributed by atoms with Gasteiger partial charge in [0.05, 0.1) is 12.6 Å². The highest BCUT2D eigenvalue weighted by Crippen LogP contribution is 2.35. The second-order valence-corrected chi connectivity index (χ2v) is 6.70. The molecule has 0 spiro atoms. The monoisotopic (exact) mass is 331 g/mol. The summed E-state index contributed by atoms with van der Waals surface area (Å²) in [5, 5.41) is 12.9. The molecule has 1 aromatic heterocycles. The number of fused-ring (bicyclic) bond motifs is 1. The van der Waals surface area contributed by atoms with E-state index in [4.69, 9.17) is 0 Å². The third kappa shape index (κ3) is 3.38. The number of anilines is 1. The molecule has 1 heterocycles. The van der Waals surface area contributed by atoms with Crippen LogP contribution in [0.1, 0.15) is 35.4 Å². The van der Waals surface area contributed by atoms with E-state index in [0.29, 0.717) is 11.7 Å². The van der Waals surface area contributed by atoms with Crippen LogP contribution in [0.5, 0.6) is 0 Å². The Hall–Kier alpha value is -1.92. The predicted molar refractivity (Wildman–Crippen MR) is 91.8 cm³/mol. The number of aliphatic hydroxyl groups is 1. The molecule has 2 aromatic rings. The van der Waals surface area contributed by atoms with Gasteiger partial charge >= 0.3 is 6.03 Å². The van der Waals surface area contributed by atoms with Crippen LogP contribution in [-0.2, 0) is 12.8 Å². The summed E-state index contributed by atoms with van der Waals surface area (Å²) in [4.78, 5) is 19.8. The number of nitrogens with zero attached hydrogens (tertiary/aromatic N) is 2. The molecular weight excluding hydrogens is 310 g/mol. The quantitative estimate of drug-likeness (QED) is 0.884. The van der Waals surface area contributed by atoms with Gasteiger partial charge in [-0.1, -0.05) is 31.2 Å². The minimum Gasteiger partial charge on any atom is -0.395 e. The summed E-state index contributed by atoms with van der Waals surface area (Å²) in [6.07, 6.45) is 4.56. The van der Waals surface area contributed by atoms with Gasteiger partial charge in [0.2, 0.25) is 0 Å². The van der Waals surface area contributed by atoms with E-state index in [0.717, 1.165) is 24.1 Å². The summed E-state index contributed by atoms with van der Waals surface area (Å²) < 4.78 is 0. The zero-order valence-electron chi connectivity index (χ0n) is 13.2. The molecule has 6 heteroatoms. The number of carbonyl (C=O) groups is 1. The zero-order valence-corrected chi connectivity index (χ0v) is 14.0. The molecule has 0 radical (unpaired) electrons. The fraction of sp³-hybridized carbons (Fsp3) is 0.412. The second-order valence-electron chi connectivity index (χ2n) is 5.59. The number of aryl methyl sites for hydroxylation is 2. The van der Waals surface area contributed by atoms with Crippen molar-refractivity contribution in [3.63, 3.8) is 0 Å². The molecule has 1 aliphatic rings. The van der Waals surface area contributed by atoms with E-state index in [1.807, 2.05) is 12.1 Å². The highest BCUT2D eigenvalue weighted by molar-refractivity contribution is 7.15. The smallest absolute Gasteiger partial charge is 0.324 e. The topological polar surface area (TPSA) is 65.5 Å². The van der Waals surface area contributed by atoms with Crippen LogP contribution < -0.4 is 5.32 Å². The fourth-order valence-corrected chi connectivity index (χ4v) is 3.80. The molecule has 0 bridgehead atoms. The number of urea groups is 1. The lowest BCUT2D eigenvalue weighted by molar-refractivity contribution is 0.162. The van der Waals surface area contributed by atoms with Crippen LogP contribution in [0.15, 0.2) is 30.5 Å². The third-order valence-corrected chi connectivity index (χ3v) is 5.25. The van der Waals surface area contributed by atoms with Gasteiger partial charge in [-0.05, 0) is 30.4 Å². The highest BCUT2D eigenvalue weighted by Gasteiger charge is 2.30. The standard InChI is InChI=1S/C17H21N3O2S/c1-2-13-11-18-16(23-13)19-17(22)20(9-10-21)15-8-7-12-5-3-4-6-14(12)15/h3-6,11,15,21H,2,7-10H2,1H3,(H,18,19,22)/t15-/m1/s1. The molecule has 2 N–H and O–H groups in total. The molecule has 1 aliphatic carbocycles. The first-order valence-electron chi connectivity index (χ1n) is 7.94. The summed E-state index contributed by atoms with van der Waals surface area (Å²) in [5.74, 6) is 0. The van der Waals surface area contributed by atoms with Crippen molar-refractivity contribution in [3.8, 4) is 0 Å². The summed E-state index contributed by atoms with van der Waals surface area (Å²) in [7, 11) is 0. The van der Waals surface area contributed by atoms with Gasteiger partial charge in [-0.2, -0.15) is 0 Å². The van der Waals surface area contributed by atoms with Crippen molar-refractivity contribution in [2.75, 3.05) is 18.5 Å². The van der Waals surface area contributed by atoms with Gasteiger partial charge in [-0.3, -0.25) is 5.32 Å². The van der Waals surface area contributed by atoms with Crippen molar-refractivity contribution in [2.24, 2.45) is 0 Å². The highest BCUT2D eigenvalue weighted by atomic mass is 32.1. The summed E-state index contributed by atoms with van der Waals surface area (Å²) >= 11 is 1.49. The maximum atomic E-state index is 12.7. The van der Waals surface area contributed by atoms with Gasteiger partial charge in [-0.25, -0.2) is 9.78 Å². The van der Waals surface area contributed by atoms with Crippen molar-refractivity contribution in [2.45, 2.75) is 32.2 Å². The molecule has 5 nitrogen and oxygen atoms in total. The van der Waals surface area contributed by atoms with Crippen molar-refractivity contribution in [1.82, 2.24) is 9.88 Å². The predicted octanol–water partition coefficient (Wildman–Crippen LogP) is 3.22. The molecule has 1 aromatic carbocycles. The van der Waals surface area contributed by atoms with Crippen LogP contribution in [0, 0.1) is 0 Å². The van der Waals surface area contributed by atoms with Crippen molar-refractivity contribution in [1.29, 1.82) is 0 Å². The van der Waals surface area contributed by atoms with Crippen LogP contribution in [0.2, 0.25) is 0 Å². The van der Waals surface area contributed by atoms with Gasteiger partial charge in [0.25, 0.3) is 0 Å². The molecule has 2 amide bonds. The Morgan fingerprint density at radius 3 is 3.04 bits per heavy atom. The SMILES string of the molecule is CCc1cnc(NC(=O)N(CCO)[C@@H]2CCc3ccccc32)s1. The van der Waals surface area contributed by atoms with Crippen LogP contribution >= 0.6 is 11.3 Å². The van der Waals surface area contributed by atoms with Gasteiger partial charge < -0.3 is 10.0 Å². The fourth-order valence-electron chi connectivity index (χ4n) is 3.06. The van der Waals surface area contributed by atoms with E-state index < -0.39 is 0 Å². The average molecular weight is 331 g/mol. The lowest BCUT2D eigenvalue weighted by atomic mass is 10.1. The van der Waals surface area contributed by atoms with E-state index in [1.165, 1.54) is 22.5 Å². The Kier molecular flexibility index (Phi) is 4.93. The molecule has 3 rings (SSSR count). The van der Waals surface area contributed by atoms with Crippen molar-refractivity contribution >= 4 is 22.5 Å². The number of aliphatic hydroxyl groups excluding tert-OH is 1. The van der Waals surface area contributed by atoms with E-state index in [9.17, 15) is 9.90 Å². The number of benzene rings is 1. The Bertz CT molecular complexity index is 686. The van der Waals surface area contributed by atoms with E-state index in [-0.39, 0.29) is 18.7 Å². The Morgan fingerprint density at radius 1 is 1.48 bits per heavy atom. The Balaban J connectivity index is 1.77. The average Bonchev–Trinajstić information content (AvgIpc) is 3.19.